The smallest absolute Gasteiger partial charge is 0.271 e. The van der Waals surface area contributed by atoms with Gasteiger partial charge in [0.2, 0.25) is 0 Å². The van der Waals surface area contributed by atoms with Crippen molar-refractivity contribution < 1.29 is 14.8 Å². The summed E-state index contributed by atoms with van der Waals surface area (Å²) in [7, 11) is 0. The summed E-state index contributed by atoms with van der Waals surface area (Å²) in [6.07, 6.45) is 1.62. The van der Waals surface area contributed by atoms with Crippen LogP contribution in [0, 0.1) is 10.1 Å². The Morgan fingerprint density at radius 1 is 1.21 bits per heavy atom. The molecule has 1 N–H and O–H groups in total. The van der Waals surface area contributed by atoms with Crippen LogP contribution in [0.4, 0.5) is 11.4 Å². The first-order valence-electron chi connectivity index (χ1n) is 6.77. The fourth-order valence-electron chi connectivity index (χ4n) is 2.20. The van der Waals surface area contributed by atoms with Gasteiger partial charge in [-0.2, -0.15) is 0 Å². The summed E-state index contributed by atoms with van der Waals surface area (Å²) < 4.78 is 0.298. The van der Waals surface area contributed by atoms with Gasteiger partial charge in [-0.05, 0) is 29.8 Å². The zero-order chi connectivity index (χ0) is 17.3. The van der Waals surface area contributed by atoms with Crippen LogP contribution in [-0.4, -0.2) is 20.3 Å². The highest BCUT2D eigenvalue weighted by Crippen LogP contribution is 2.37. The molecule has 0 aromatic heterocycles. The van der Waals surface area contributed by atoms with Gasteiger partial charge >= 0.3 is 0 Å². The second kappa shape index (κ2) is 6.42. The Morgan fingerprint density at radius 3 is 2.67 bits per heavy atom. The second-order valence-electron chi connectivity index (χ2n) is 4.89. The molecule has 1 aliphatic rings. The number of nitro benzene ring substituents is 1. The van der Waals surface area contributed by atoms with Gasteiger partial charge in [-0.25, -0.2) is 0 Å². The molecule has 8 heteroatoms. The Kier molecular flexibility index (Phi) is 4.32. The largest absolute Gasteiger partial charge is 0.508 e. The van der Waals surface area contributed by atoms with Gasteiger partial charge in [-0.3, -0.25) is 19.8 Å². The molecule has 0 radical (unpaired) electrons. The lowest BCUT2D eigenvalue weighted by Gasteiger charge is -2.13. The van der Waals surface area contributed by atoms with Crippen LogP contribution in [0.15, 0.2) is 53.4 Å². The molecule has 0 atom stereocenters. The first kappa shape index (κ1) is 16.2. The summed E-state index contributed by atoms with van der Waals surface area (Å²) in [4.78, 5) is 24.6. The molecule has 3 rings (SSSR count). The van der Waals surface area contributed by atoms with Crippen molar-refractivity contribution >= 4 is 51.7 Å². The maximum absolute atomic E-state index is 12.6. The number of nitrogens with zero attached hydrogens (tertiary/aromatic N) is 2. The van der Waals surface area contributed by atoms with E-state index in [0.717, 1.165) is 11.8 Å². The monoisotopic (exact) mass is 358 g/mol. The molecule has 1 saturated heterocycles. The Balaban J connectivity index is 1.95. The van der Waals surface area contributed by atoms with Crippen molar-refractivity contribution in [2.24, 2.45) is 0 Å². The second-order valence-corrected chi connectivity index (χ2v) is 6.56. The van der Waals surface area contributed by atoms with E-state index in [1.54, 1.807) is 24.3 Å². The minimum Gasteiger partial charge on any atom is -0.508 e. The third-order valence-electron chi connectivity index (χ3n) is 3.26. The van der Waals surface area contributed by atoms with Crippen LogP contribution in [0.5, 0.6) is 5.75 Å². The summed E-state index contributed by atoms with van der Waals surface area (Å²) in [5.41, 5.74) is 0.902. The third kappa shape index (κ3) is 3.15. The molecule has 120 valence electrons. The van der Waals surface area contributed by atoms with Gasteiger partial charge < -0.3 is 5.11 Å². The Bertz CT molecular complexity index is 895. The lowest BCUT2D eigenvalue weighted by Crippen LogP contribution is -2.27. The Hall–Kier alpha value is -2.71. The van der Waals surface area contributed by atoms with Crippen molar-refractivity contribution in [2.45, 2.75) is 0 Å². The number of amides is 1. The summed E-state index contributed by atoms with van der Waals surface area (Å²) in [5.74, 6) is -0.258. The van der Waals surface area contributed by atoms with Gasteiger partial charge in [0, 0.05) is 12.1 Å². The molecule has 6 nitrogen and oxygen atoms in total. The van der Waals surface area contributed by atoms with Gasteiger partial charge in [0.25, 0.3) is 11.6 Å². The molecule has 0 bridgehead atoms. The SMILES string of the molecule is O=C1/C(=C/c2cccc(O)c2)SC(=S)N1c1cccc([N+](=O)[O-])c1. The highest BCUT2D eigenvalue weighted by atomic mass is 32.2. The molecule has 1 fully saturated rings. The molecular formula is C16H10N2O4S2. The number of nitro groups is 1. The molecule has 1 amide bonds. The molecule has 0 unspecified atom stereocenters. The lowest BCUT2D eigenvalue weighted by molar-refractivity contribution is -0.384. The van der Waals surface area contributed by atoms with Crippen molar-refractivity contribution in [3.8, 4) is 5.75 Å². The van der Waals surface area contributed by atoms with Crippen LogP contribution in [0.3, 0.4) is 0 Å². The minimum atomic E-state index is -0.524. The van der Waals surface area contributed by atoms with Crippen LogP contribution in [0.25, 0.3) is 6.08 Å². The zero-order valence-electron chi connectivity index (χ0n) is 12.1. The van der Waals surface area contributed by atoms with Crippen LogP contribution in [0.2, 0.25) is 0 Å². The number of non-ortho nitro benzene ring substituents is 1. The van der Waals surface area contributed by atoms with Gasteiger partial charge in [-0.1, -0.05) is 42.2 Å². The molecule has 2 aromatic rings. The zero-order valence-corrected chi connectivity index (χ0v) is 13.7. The van der Waals surface area contributed by atoms with E-state index in [1.165, 1.54) is 35.2 Å². The summed E-state index contributed by atoms with van der Waals surface area (Å²) in [5, 5.41) is 20.4. The van der Waals surface area contributed by atoms with Crippen molar-refractivity contribution in [2.75, 3.05) is 4.90 Å². The molecule has 1 aliphatic heterocycles. The van der Waals surface area contributed by atoms with E-state index in [9.17, 15) is 20.0 Å². The maximum Gasteiger partial charge on any atom is 0.271 e. The summed E-state index contributed by atoms with van der Waals surface area (Å²) in [6.45, 7) is 0. The van der Waals surface area contributed by atoms with Crippen molar-refractivity contribution in [3.63, 3.8) is 0 Å². The normalized spacial score (nSPS) is 16.0. The van der Waals surface area contributed by atoms with E-state index in [4.69, 9.17) is 12.2 Å². The number of thioether (sulfide) groups is 1. The summed E-state index contributed by atoms with van der Waals surface area (Å²) >= 11 is 6.34. The quantitative estimate of drug-likeness (QED) is 0.390. The van der Waals surface area contributed by atoms with Crippen LogP contribution < -0.4 is 4.90 Å². The molecular weight excluding hydrogens is 348 g/mol. The van der Waals surface area contributed by atoms with Gasteiger partial charge in [0.15, 0.2) is 4.32 Å². The van der Waals surface area contributed by atoms with Crippen molar-refractivity contribution in [3.05, 3.63) is 69.1 Å². The van der Waals surface area contributed by atoms with E-state index >= 15 is 0 Å². The number of phenols is 1. The number of carbonyl (C=O) groups is 1. The predicted molar refractivity (Wildman–Crippen MR) is 96.9 cm³/mol. The summed E-state index contributed by atoms with van der Waals surface area (Å²) in [6, 6.07) is 12.2. The van der Waals surface area contributed by atoms with Crippen LogP contribution in [0.1, 0.15) is 5.56 Å². The molecule has 0 saturated carbocycles. The molecule has 2 aromatic carbocycles. The number of benzene rings is 2. The molecule has 1 heterocycles. The standard InChI is InChI=1S/C16H10N2O4S2/c19-13-6-1-3-10(7-13)8-14-15(20)17(16(23)24-14)11-4-2-5-12(9-11)18(21)22/h1-9,19H/b14-8-. The van der Waals surface area contributed by atoms with E-state index < -0.39 is 4.92 Å². The fraction of sp³-hybridized carbons (Fsp3) is 0. The van der Waals surface area contributed by atoms with Gasteiger partial charge in [-0.15, -0.1) is 0 Å². The van der Waals surface area contributed by atoms with E-state index in [-0.39, 0.29) is 17.3 Å². The Morgan fingerprint density at radius 2 is 1.96 bits per heavy atom. The average Bonchev–Trinajstić information content (AvgIpc) is 2.81. The first-order chi connectivity index (χ1) is 11.5. The third-order valence-corrected chi connectivity index (χ3v) is 4.56. The highest BCUT2D eigenvalue weighted by Gasteiger charge is 2.33. The van der Waals surface area contributed by atoms with Crippen molar-refractivity contribution in [1.29, 1.82) is 0 Å². The van der Waals surface area contributed by atoms with Crippen LogP contribution >= 0.6 is 24.0 Å². The van der Waals surface area contributed by atoms with Gasteiger partial charge in [0.1, 0.15) is 5.75 Å². The lowest BCUT2D eigenvalue weighted by atomic mass is 10.2. The fourth-order valence-corrected chi connectivity index (χ4v) is 3.50. The predicted octanol–water partition coefficient (Wildman–Crippen LogP) is 3.71. The number of anilines is 1. The average molecular weight is 358 g/mol. The number of aromatic hydroxyl groups is 1. The van der Waals surface area contributed by atoms with Gasteiger partial charge in [0.05, 0.1) is 15.5 Å². The van der Waals surface area contributed by atoms with Crippen LogP contribution in [-0.2, 0) is 4.79 Å². The molecule has 0 spiro atoms. The highest BCUT2D eigenvalue weighted by molar-refractivity contribution is 8.27. The van der Waals surface area contributed by atoms with Crippen molar-refractivity contribution in [1.82, 2.24) is 0 Å². The topological polar surface area (TPSA) is 83.7 Å². The Labute approximate surface area is 146 Å². The number of thiocarbonyl (C=S) groups is 1. The number of rotatable bonds is 3. The number of hydrogen-bond acceptors (Lipinski definition) is 6. The van der Waals surface area contributed by atoms with E-state index in [0.29, 0.717) is 20.5 Å². The molecule has 24 heavy (non-hydrogen) atoms. The maximum atomic E-state index is 12.6. The first-order valence-corrected chi connectivity index (χ1v) is 7.99. The molecule has 0 aliphatic carbocycles. The number of carbonyl (C=O) groups excluding carboxylic acids is 1. The minimum absolute atomic E-state index is 0.0953. The number of phenolic OH excluding ortho intramolecular Hbond substituents is 1. The number of hydrogen-bond donors (Lipinski definition) is 1. The van der Waals surface area contributed by atoms with E-state index in [2.05, 4.69) is 0 Å². The van der Waals surface area contributed by atoms with E-state index in [1.807, 2.05) is 0 Å².